The molecule has 0 aliphatic carbocycles. The van der Waals surface area contributed by atoms with Crippen LogP contribution in [0.15, 0.2) is 29.6 Å². The van der Waals surface area contributed by atoms with Crippen molar-refractivity contribution in [3.63, 3.8) is 0 Å². The summed E-state index contributed by atoms with van der Waals surface area (Å²) in [5, 5.41) is 9.11. The summed E-state index contributed by atoms with van der Waals surface area (Å²) in [4.78, 5) is 17.2. The molecule has 2 aromatic heterocycles. The second-order valence-corrected chi connectivity index (χ2v) is 7.52. The highest BCUT2D eigenvalue weighted by molar-refractivity contribution is 7.99. The van der Waals surface area contributed by atoms with Crippen LogP contribution in [0.3, 0.4) is 0 Å². The van der Waals surface area contributed by atoms with Gasteiger partial charge >= 0.3 is 0 Å². The molecule has 0 unspecified atom stereocenters. The molecule has 4 heterocycles. The van der Waals surface area contributed by atoms with Crippen LogP contribution >= 0.6 is 11.8 Å². The highest BCUT2D eigenvalue weighted by Gasteiger charge is 2.29. The lowest BCUT2D eigenvalue weighted by molar-refractivity contribution is -0.130. The average Bonchev–Trinajstić information content (AvgIpc) is 3.30. The fourth-order valence-corrected chi connectivity index (χ4v) is 4.55. The lowest BCUT2D eigenvalue weighted by Gasteiger charge is -2.37. The molecule has 4 rings (SSSR count). The molecule has 128 valence electrons. The molecule has 1 atom stereocenters. The lowest BCUT2D eigenvalue weighted by atomic mass is 10.0. The molecule has 7 heteroatoms. The number of fused-ring (bicyclic) bond motifs is 1. The minimum Gasteiger partial charge on any atom is -0.340 e. The zero-order valence-corrected chi connectivity index (χ0v) is 14.6. The normalized spacial score (nSPS) is 22.3. The minimum atomic E-state index is 0.219. The first-order valence-electron chi connectivity index (χ1n) is 8.75. The van der Waals surface area contributed by atoms with E-state index in [4.69, 9.17) is 0 Å². The fraction of sp³-hybridized carbons (Fsp3) is 0.588. The Balaban J connectivity index is 1.35. The number of thioether (sulfide) groups is 1. The fourth-order valence-electron chi connectivity index (χ4n) is 3.72. The van der Waals surface area contributed by atoms with Gasteiger partial charge in [0.05, 0.1) is 5.75 Å². The van der Waals surface area contributed by atoms with E-state index in [0.717, 1.165) is 30.3 Å². The van der Waals surface area contributed by atoms with E-state index in [9.17, 15) is 4.79 Å². The van der Waals surface area contributed by atoms with Gasteiger partial charge < -0.3 is 4.90 Å². The minimum absolute atomic E-state index is 0.219. The van der Waals surface area contributed by atoms with Crippen LogP contribution in [0.2, 0.25) is 0 Å². The molecule has 2 aliphatic rings. The van der Waals surface area contributed by atoms with Gasteiger partial charge in [-0.3, -0.25) is 14.1 Å². The first-order chi connectivity index (χ1) is 11.8. The molecular weight excluding hydrogens is 322 g/mol. The first-order valence-corrected chi connectivity index (χ1v) is 9.74. The second-order valence-electron chi connectivity index (χ2n) is 6.58. The van der Waals surface area contributed by atoms with Gasteiger partial charge in [-0.1, -0.05) is 17.8 Å². The Morgan fingerprint density at radius 1 is 1.17 bits per heavy atom. The van der Waals surface area contributed by atoms with E-state index < -0.39 is 0 Å². The maximum Gasteiger partial charge on any atom is 0.233 e. The van der Waals surface area contributed by atoms with E-state index in [0.29, 0.717) is 11.8 Å². The van der Waals surface area contributed by atoms with E-state index in [-0.39, 0.29) is 5.91 Å². The van der Waals surface area contributed by atoms with Crippen LogP contribution in [0.5, 0.6) is 0 Å². The highest BCUT2D eigenvalue weighted by Crippen LogP contribution is 2.22. The SMILES string of the molecule is O=C(CSc1nnc2ccccn12)N1CCC[C@@H](N2CCCC2)C1. The monoisotopic (exact) mass is 345 g/mol. The highest BCUT2D eigenvalue weighted by atomic mass is 32.2. The van der Waals surface area contributed by atoms with Crippen LogP contribution in [-0.4, -0.2) is 68.3 Å². The van der Waals surface area contributed by atoms with Gasteiger partial charge in [-0.25, -0.2) is 0 Å². The summed E-state index contributed by atoms with van der Waals surface area (Å²) in [6, 6.07) is 6.37. The zero-order valence-electron chi connectivity index (χ0n) is 13.8. The molecule has 2 aromatic rings. The number of carbonyl (C=O) groups is 1. The van der Waals surface area contributed by atoms with Crippen LogP contribution in [0.4, 0.5) is 0 Å². The molecule has 0 saturated carbocycles. The Hall–Kier alpha value is -1.60. The standard InChI is InChI=1S/C17H23N5OS/c23-16(13-24-17-19-18-15-7-1-2-11-22(15)17)21-10-5-6-14(12-21)20-8-3-4-9-20/h1-2,7,11,14H,3-6,8-10,12-13H2/t14-/m1/s1. The smallest absolute Gasteiger partial charge is 0.233 e. The van der Waals surface area contributed by atoms with Crippen molar-refractivity contribution in [1.82, 2.24) is 24.4 Å². The summed E-state index contributed by atoms with van der Waals surface area (Å²) in [6.45, 7) is 4.19. The summed E-state index contributed by atoms with van der Waals surface area (Å²) in [5.41, 5.74) is 0.819. The number of carbonyl (C=O) groups excluding carboxylic acids is 1. The van der Waals surface area contributed by atoms with Crippen molar-refractivity contribution in [1.29, 1.82) is 0 Å². The van der Waals surface area contributed by atoms with Crippen molar-refractivity contribution in [3.8, 4) is 0 Å². The Bertz CT molecular complexity index is 712. The van der Waals surface area contributed by atoms with Gasteiger partial charge in [0.2, 0.25) is 5.91 Å². The second kappa shape index (κ2) is 7.11. The van der Waals surface area contributed by atoms with Gasteiger partial charge in [0, 0.05) is 25.3 Å². The summed E-state index contributed by atoms with van der Waals surface area (Å²) in [5.74, 6) is 0.652. The zero-order chi connectivity index (χ0) is 16.4. The van der Waals surface area contributed by atoms with Crippen LogP contribution in [-0.2, 0) is 4.79 Å². The molecule has 0 spiro atoms. The number of nitrogens with zero attached hydrogens (tertiary/aromatic N) is 5. The molecule has 2 fully saturated rings. The van der Waals surface area contributed by atoms with Crippen molar-refractivity contribution >= 4 is 23.3 Å². The van der Waals surface area contributed by atoms with Crippen molar-refractivity contribution in [3.05, 3.63) is 24.4 Å². The topological polar surface area (TPSA) is 53.7 Å². The third-order valence-electron chi connectivity index (χ3n) is 5.01. The number of piperidine rings is 1. The Kier molecular flexibility index (Phi) is 4.71. The van der Waals surface area contributed by atoms with E-state index in [1.165, 1.54) is 44.1 Å². The predicted molar refractivity (Wildman–Crippen MR) is 94.1 cm³/mol. The van der Waals surface area contributed by atoms with Crippen LogP contribution in [0, 0.1) is 0 Å². The largest absolute Gasteiger partial charge is 0.340 e. The number of likely N-dealkylation sites (tertiary alicyclic amines) is 2. The molecule has 0 bridgehead atoms. The van der Waals surface area contributed by atoms with Crippen LogP contribution < -0.4 is 0 Å². The molecule has 2 saturated heterocycles. The van der Waals surface area contributed by atoms with Gasteiger partial charge in [0.15, 0.2) is 10.8 Å². The van der Waals surface area contributed by atoms with E-state index in [1.54, 1.807) is 0 Å². The number of aromatic nitrogens is 3. The summed E-state index contributed by atoms with van der Waals surface area (Å²) in [6.07, 6.45) is 6.89. The summed E-state index contributed by atoms with van der Waals surface area (Å²) < 4.78 is 1.93. The van der Waals surface area contributed by atoms with Gasteiger partial charge in [0.25, 0.3) is 0 Å². The molecule has 0 aromatic carbocycles. The van der Waals surface area contributed by atoms with Crippen molar-refractivity contribution in [2.75, 3.05) is 31.9 Å². The van der Waals surface area contributed by atoms with Crippen LogP contribution in [0.25, 0.3) is 5.65 Å². The number of hydrogen-bond acceptors (Lipinski definition) is 5. The lowest BCUT2D eigenvalue weighted by Crippen LogP contribution is -2.49. The quantitative estimate of drug-likeness (QED) is 0.793. The van der Waals surface area contributed by atoms with E-state index in [1.807, 2.05) is 33.7 Å². The Morgan fingerprint density at radius 2 is 2.04 bits per heavy atom. The number of rotatable bonds is 4. The number of pyridine rings is 1. The third-order valence-corrected chi connectivity index (χ3v) is 5.94. The predicted octanol–water partition coefficient (Wildman–Crippen LogP) is 1.91. The van der Waals surface area contributed by atoms with Gasteiger partial charge in [-0.2, -0.15) is 0 Å². The molecule has 2 aliphatic heterocycles. The maximum atomic E-state index is 12.6. The molecule has 24 heavy (non-hydrogen) atoms. The van der Waals surface area contributed by atoms with Gasteiger partial charge in [-0.15, -0.1) is 10.2 Å². The number of amides is 1. The summed E-state index contributed by atoms with van der Waals surface area (Å²) in [7, 11) is 0. The average molecular weight is 345 g/mol. The van der Waals surface area contributed by atoms with Crippen molar-refractivity contribution in [2.45, 2.75) is 36.9 Å². The molecule has 1 amide bonds. The first kappa shape index (κ1) is 15.9. The van der Waals surface area contributed by atoms with Crippen LogP contribution in [0.1, 0.15) is 25.7 Å². The Morgan fingerprint density at radius 3 is 2.92 bits per heavy atom. The third kappa shape index (κ3) is 3.28. The number of hydrogen-bond donors (Lipinski definition) is 0. The van der Waals surface area contributed by atoms with E-state index >= 15 is 0 Å². The molecule has 0 N–H and O–H groups in total. The summed E-state index contributed by atoms with van der Waals surface area (Å²) >= 11 is 1.48. The Labute approximate surface area is 146 Å². The maximum absolute atomic E-state index is 12.6. The molecular formula is C17H23N5OS. The van der Waals surface area contributed by atoms with Gasteiger partial charge in [-0.05, 0) is 50.9 Å². The molecule has 0 radical (unpaired) electrons. The molecule has 6 nitrogen and oxygen atoms in total. The van der Waals surface area contributed by atoms with Gasteiger partial charge in [0.1, 0.15) is 0 Å². The van der Waals surface area contributed by atoms with E-state index in [2.05, 4.69) is 15.1 Å². The van der Waals surface area contributed by atoms with Crippen molar-refractivity contribution < 1.29 is 4.79 Å². The van der Waals surface area contributed by atoms with Crippen molar-refractivity contribution in [2.24, 2.45) is 0 Å².